The maximum atomic E-state index is 13.5. The first-order chi connectivity index (χ1) is 21.5. The fraction of sp³-hybridized carbons (Fsp3) is 0.595. The number of hydrogen-bond donors (Lipinski definition) is 0. The molecule has 45 heavy (non-hydrogen) atoms. The van der Waals surface area contributed by atoms with Crippen LogP contribution in [0.25, 0.3) is 0 Å². The lowest BCUT2D eigenvalue weighted by atomic mass is 9.66. The van der Waals surface area contributed by atoms with Crippen LogP contribution in [0.2, 0.25) is 5.04 Å². The second-order valence-electron chi connectivity index (χ2n) is 13.3. The summed E-state index contributed by atoms with van der Waals surface area (Å²) in [6.07, 6.45) is 6.37. The fourth-order valence-electron chi connectivity index (χ4n) is 7.10. The summed E-state index contributed by atoms with van der Waals surface area (Å²) in [7, 11) is -2.72. The molecule has 0 aliphatic heterocycles. The van der Waals surface area contributed by atoms with Gasteiger partial charge in [0.15, 0.2) is 5.41 Å². The van der Waals surface area contributed by atoms with Crippen molar-refractivity contribution in [1.29, 1.82) is 0 Å². The van der Waals surface area contributed by atoms with Crippen LogP contribution in [0.5, 0.6) is 0 Å². The van der Waals surface area contributed by atoms with Crippen molar-refractivity contribution in [1.82, 2.24) is 0 Å². The van der Waals surface area contributed by atoms with E-state index in [0.717, 1.165) is 38.5 Å². The van der Waals surface area contributed by atoms with E-state index in [1.807, 2.05) is 12.1 Å². The van der Waals surface area contributed by atoms with E-state index in [0.29, 0.717) is 13.0 Å². The average Bonchev–Trinajstić information content (AvgIpc) is 3.02. The lowest BCUT2D eigenvalue weighted by molar-refractivity contribution is -0.178. The number of hydrogen-bond acceptors (Lipinski definition) is 7. The van der Waals surface area contributed by atoms with Crippen molar-refractivity contribution in [3.63, 3.8) is 0 Å². The molecule has 2 aromatic carbocycles. The van der Waals surface area contributed by atoms with Gasteiger partial charge in [-0.25, -0.2) is 0 Å². The van der Waals surface area contributed by atoms with Gasteiger partial charge in [0, 0.05) is 6.61 Å². The molecule has 1 aliphatic rings. The highest BCUT2D eigenvalue weighted by atomic mass is 28.4. The van der Waals surface area contributed by atoms with Crippen LogP contribution in [0.3, 0.4) is 0 Å². The monoisotopic (exact) mass is 638 g/mol. The Bertz CT molecular complexity index is 1160. The van der Waals surface area contributed by atoms with Gasteiger partial charge >= 0.3 is 17.9 Å². The third-order valence-electron chi connectivity index (χ3n) is 9.45. The standard InChI is InChI=1S/C37H54O7Si/c1-7-41-32(38)29-37(33(39)42-8-2,34(40)43-9-3)26-25-36(23-17-12-18-24-36)27-28-44-45(35(4,5)6,30-19-13-10-14-20-30)31-21-15-11-16-22-31/h10-11,13-16,19-22H,7-9,12,17-18,23-29H2,1-6H3. The Balaban J connectivity index is 1.97. The lowest BCUT2D eigenvalue weighted by Crippen LogP contribution is -2.66. The smallest absolute Gasteiger partial charge is 0.324 e. The molecule has 0 radical (unpaired) electrons. The third kappa shape index (κ3) is 8.64. The van der Waals surface area contributed by atoms with Crippen molar-refractivity contribution in [2.45, 2.75) is 104 Å². The van der Waals surface area contributed by atoms with E-state index in [1.165, 1.54) is 10.4 Å². The van der Waals surface area contributed by atoms with Gasteiger partial charge in [0.25, 0.3) is 8.32 Å². The minimum Gasteiger partial charge on any atom is -0.466 e. The van der Waals surface area contributed by atoms with Crippen molar-refractivity contribution in [3.05, 3.63) is 60.7 Å². The van der Waals surface area contributed by atoms with E-state index >= 15 is 0 Å². The normalized spacial score (nSPS) is 15.2. The number of rotatable bonds is 16. The van der Waals surface area contributed by atoms with Gasteiger partial charge in [0.1, 0.15) is 0 Å². The number of carbonyl (C=O) groups excluding carboxylic acids is 3. The summed E-state index contributed by atoms with van der Waals surface area (Å²) in [5, 5.41) is 2.33. The molecule has 0 spiro atoms. The molecule has 8 heteroatoms. The molecule has 1 saturated carbocycles. The third-order valence-corrected chi connectivity index (χ3v) is 14.5. The van der Waals surface area contributed by atoms with Crippen molar-refractivity contribution in [2.75, 3.05) is 26.4 Å². The first kappa shape index (κ1) is 36.5. The first-order valence-electron chi connectivity index (χ1n) is 16.8. The van der Waals surface area contributed by atoms with Gasteiger partial charge in [-0.15, -0.1) is 0 Å². The van der Waals surface area contributed by atoms with E-state index in [1.54, 1.807) is 20.8 Å². The predicted octanol–water partition coefficient (Wildman–Crippen LogP) is 6.75. The van der Waals surface area contributed by atoms with Gasteiger partial charge in [-0.2, -0.15) is 0 Å². The molecule has 248 valence electrons. The molecule has 0 amide bonds. The zero-order chi connectivity index (χ0) is 33.0. The Labute approximate surface area is 271 Å². The molecule has 1 fully saturated rings. The molecular formula is C37H54O7Si. The first-order valence-corrected chi connectivity index (χ1v) is 18.7. The van der Waals surface area contributed by atoms with Crippen LogP contribution in [0.4, 0.5) is 0 Å². The maximum Gasteiger partial charge on any atom is 0.324 e. The molecular weight excluding hydrogens is 584 g/mol. The van der Waals surface area contributed by atoms with Crippen molar-refractivity contribution < 1.29 is 33.0 Å². The van der Waals surface area contributed by atoms with Crippen LogP contribution < -0.4 is 10.4 Å². The Hall–Kier alpha value is -2.97. The van der Waals surface area contributed by atoms with E-state index < -0.39 is 38.1 Å². The molecule has 0 aromatic heterocycles. The average molecular weight is 639 g/mol. The van der Waals surface area contributed by atoms with Crippen LogP contribution in [0.1, 0.15) is 99.3 Å². The van der Waals surface area contributed by atoms with Crippen LogP contribution >= 0.6 is 0 Å². The molecule has 0 heterocycles. The van der Waals surface area contributed by atoms with Gasteiger partial charge in [-0.1, -0.05) is 101 Å². The molecule has 0 N–H and O–H groups in total. The van der Waals surface area contributed by atoms with Crippen molar-refractivity contribution in [2.24, 2.45) is 10.8 Å². The zero-order valence-corrected chi connectivity index (χ0v) is 29.3. The molecule has 0 atom stereocenters. The molecule has 1 aliphatic carbocycles. The van der Waals surface area contributed by atoms with Gasteiger partial charge in [-0.3, -0.25) is 14.4 Å². The summed E-state index contributed by atoms with van der Waals surface area (Å²) in [5.74, 6) is -2.04. The maximum absolute atomic E-state index is 13.5. The molecule has 2 aromatic rings. The van der Waals surface area contributed by atoms with Gasteiger partial charge < -0.3 is 18.6 Å². The number of ether oxygens (including phenoxy) is 3. The van der Waals surface area contributed by atoms with Crippen LogP contribution in [0.15, 0.2) is 60.7 Å². The summed E-state index contributed by atoms with van der Waals surface area (Å²) < 4.78 is 23.3. The molecule has 7 nitrogen and oxygen atoms in total. The Morgan fingerprint density at radius 1 is 0.711 bits per heavy atom. The highest BCUT2D eigenvalue weighted by Gasteiger charge is 2.53. The highest BCUT2D eigenvalue weighted by Crippen LogP contribution is 2.47. The minimum absolute atomic E-state index is 0.0975. The van der Waals surface area contributed by atoms with Gasteiger partial charge in [-0.05, 0) is 73.7 Å². The van der Waals surface area contributed by atoms with E-state index in [-0.39, 0.29) is 36.7 Å². The zero-order valence-electron chi connectivity index (χ0n) is 28.3. The Kier molecular flexibility index (Phi) is 13.4. The van der Waals surface area contributed by atoms with E-state index in [2.05, 4.69) is 69.3 Å². The number of benzene rings is 2. The van der Waals surface area contributed by atoms with E-state index in [4.69, 9.17) is 18.6 Å². The summed E-state index contributed by atoms with van der Waals surface area (Å²) >= 11 is 0. The topological polar surface area (TPSA) is 88.1 Å². The fourth-order valence-corrected chi connectivity index (χ4v) is 11.7. The van der Waals surface area contributed by atoms with Crippen LogP contribution in [-0.2, 0) is 33.0 Å². The Morgan fingerprint density at radius 3 is 1.64 bits per heavy atom. The van der Waals surface area contributed by atoms with Gasteiger partial charge in [0.05, 0.1) is 26.2 Å². The second kappa shape index (κ2) is 16.5. The van der Waals surface area contributed by atoms with Crippen LogP contribution in [0, 0.1) is 10.8 Å². The molecule has 0 saturated heterocycles. The molecule has 3 rings (SSSR count). The summed E-state index contributed by atoms with van der Waals surface area (Å²) in [6, 6.07) is 21.2. The minimum atomic E-state index is -2.72. The summed E-state index contributed by atoms with van der Waals surface area (Å²) in [6.45, 7) is 12.8. The number of esters is 3. The predicted molar refractivity (Wildman–Crippen MR) is 180 cm³/mol. The Morgan fingerprint density at radius 2 is 1.20 bits per heavy atom. The summed E-state index contributed by atoms with van der Waals surface area (Å²) in [5.41, 5.74) is -1.90. The van der Waals surface area contributed by atoms with Crippen LogP contribution in [-0.4, -0.2) is 52.7 Å². The van der Waals surface area contributed by atoms with Gasteiger partial charge in [0.2, 0.25) is 0 Å². The molecule has 0 unspecified atom stereocenters. The largest absolute Gasteiger partial charge is 0.466 e. The number of carbonyl (C=O) groups is 3. The summed E-state index contributed by atoms with van der Waals surface area (Å²) in [4.78, 5) is 39.8. The highest BCUT2D eigenvalue weighted by molar-refractivity contribution is 6.99. The lowest BCUT2D eigenvalue weighted by Gasteiger charge is -2.45. The SMILES string of the molecule is CCOC(=O)CC(CCC1(CCO[Si](c2ccccc2)(c2ccccc2)C(C)(C)C)CCCCC1)(C(=O)OCC)C(=O)OCC. The second-order valence-corrected chi connectivity index (χ2v) is 17.6. The van der Waals surface area contributed by atoms with Crippen molar-refractivity contribution in [3.8, 4) is 0 Å². The van der Waals surface area contributed by atoms with Crippen molar-refractivity contribution >= 4 is 36.6 Å². The van der Waals surface area contributed by atoms with E-state index in [9.17, 15) is 14.4 Å². The quantitative estimate of drug-likeness (QED) is 0.0870. The molecule has 0 bridgehead atoms.